The molecule has 0 aromatic heterocycles. The summed E-state index contributed by atoms with van der Waals surface area (Å²) in [7, 11) is -8.33. The molecule has 0 bridgehead atoms. The van der Waals surface area contributed by atoms with Crippen LogP contribution in [0.2, 0.25) is 0 Å². The van der Waals surface area contributed by atoms with Crippen LogP contribution in [0.4, 0.5) is 0 Å². The molecule has 11 heteroatoms. The van der Waals surface area contributed by atoms with E-state index in [9.17, 15) is 0 Å². The number of rotatable bonds is 0. The minimum atomic E-state index is -4.17. The second-order valence-corrected chi connectivity index (χ2v) is 3.09. The number of hydrogen-bond acceptors (Lipinski definition) is 4. The van der Waals surface area contributed by atoms with Gasteiger partial charge in [0, 0.05) is 27.3 Å². The molecule has 6 N–H and O–H groups in total. The van der Waals surface area contributed by atoms with Crippen molar-refractivity contribution in [2.24, 2.45) is 10.3 Å². The molecule has 8 nitrogen and oxygen atoms in total. The van der Waals surface area contributed by atoms with Crippen LogP contribution in [0.25, 0.3) is 0 Å². The molecule has 0 aliphatic heterocycles. The van der Waals surface area contributed by atoms with Gasteiger partial charge >= 0.3 is 20.6 Å². The van der Waals surface area contributed by atoms with Gasteiger partial charge in [0.05, 0.1) is 0 Å². The molecule has 66 valence electrons. The van der Waals surface area contributed by atoms with Crippen molar-refractivity contribution in [2.45, 2.75) is 0 Å². The quantitative estimate of drug-likeness (QED) is 0.285. The topological polar surface area (TPSA) is 161 Å². The fourth-order valence-corrected chi connectivity index (χ4v) is 0. The Morgan fingerprint density at radius 2 is 0.818 bits per heavy atom. The molecule has 0 aromatic carbocycles. The molecule has 0 radical (unpaired) electrons. The Morgan fingerprint density at radius 1 is 0.818 bits per heavy atom. The zero-order valence-corrected chi connectivity index (χ0v) is 10.9. The molecule has 11 heavy (non-hydrogen) atoms. The Morgan fingerprint density at radius 3 is 0.818 bits per heavy atom. The van der Waals surface area contributed by atoms with Crippen molar-refractivity contribution in [3.05, 3.63) is 0 Å². The van der Waals surface area contributed by atoms with Crippen molar-refractivity contribution in [1.82, 2.24) is 0 Å². The second kappa shape index (κ2) is 6.21. The molecule has 0 aromatic rings. The molecule has 0 amide bonds. The third-order valence-corrected chi connectivity index (χ3v) is 0. The van der Waals surface area contributed by atoms with Crippen molar-refractivity contribution in [2.75, 3.05) is 0 Å². The summed E-state index contributed by atoms with van der Waals surface area (Å²) in [4.78, 5) is 0. The van der Waals surface area contributed by atoms with Crippen molar-refractivity contribution < 1.29 is 53.2 Å². The van der Waals surface area contributed by atoms with Crippen LogP contribution < -0.4 is 10.3 Å². The average Bonchev–Trinajstić information content (AvgIpc) is 1.12. The van der Waals surface area contributed by atoms with Crippen LogP contribution in [0.1, 0.15) is 0 Å². The minimum absolute atomic E-state index is 0. The fourth-order valence-electron chi connectivity index (χ4n) is 0. The van der Waals surface area contributed by atoms with Gasteiger partial charge in [0.2, 0.25) is 0 Å². The van der Waals surface area contributed by atoms with E-state index in [1.54, 1.807) is 0 Å². The molecule has 0 aliphatic rings. The molecule has 0 saturated heterocycles. The van der Waals surface area contributed by atoms with Gasteiger partial charge < -0.3 is 0 Å². The van der Waals surface area contributed by atoms with E-state index in [0.29, 0.717) is 0 Å². The van der Waals surface area contributed by atoms with Gasteiger partial charge in [-0.3, -0.25) is 9.11 Å². The zero-order valence-electron chi connectivity index (χ0n) is 5.21. The van der Waals surface area contributed by atoms with Crippen LogP contribution in [-0.4, -0.2) is 25.9 Å². The van der Waals surface area contributed by atoms with Gasteiger partial charge in [-0.15, -0.1) is 0 Å². The zero-order chi connectivity index (χ0) is 9.00. The summed E-state index contributed by atoms with van der Waals surface area (Å²) >= 11 is 0. The van der Waals surface area contributed by atoms with Crippen molar-refractivity contribution in [3.63, 3.8) is 0 Å². The summed E-state index contributed by atoms with van der Waals surface area (Å²) in [5, 5.41) is 7.76. The normalized spacial score (nSPS) is 10.5. The molecule has 0 unspecified atom stereocenters. The van der Waals surface area contributed by atoms with Crippen LogP contribution in [0, 0.1) is 0 Å². The Bertz CT molecular complexity index is 215. The molecule has 0 heterocycles. The Hall–Kier alpha value is 0.662. The summed E-state index contributed by atoms with van der Waals surface area (Å²) in [6.45, 7) is 0. The van der Waals surface area contributed by atoms with Crippen LogP contribution >= 0.6 is 0 Å². The van der Waals surface area contributed by atoms with E-state index >= 15 is 0 Å². The first-order chi connectivity index (χ1) is 4.00. The summed E-state index contributed by atoms with van der Waals surface area (Å²) in [5.41, 5.74) is 0. The van der Waals surface area contributed by atoms with Gasteiger partial charge in [-0.1, -0.05) is 0 Å². The molecule has 0 atom stereocenters. The van der Waals surface area contributed by atoms with E-state index < -0.39 is 20.6 Å². The third kappa shape index (κ3) is 1830. The van der Waals surface area contributed by atoms with E-state index in [4.69, 9.17) is 25.9 Å². The first kappa shape index (κ1) is 17.7. The van der Waals surface area contributed by atoms with Crippen molar-refractivity contribution in [3.8, 4) is 0 Å². The van der Waals surface area contributed by atoms with Crippen LogP contribution in [-0.2, 0) is 47.9 Å². The summed E-state index contributed by atoms with van der Waals surface area (Å²) in [6, 6.07) is 0. The van der Waals surface area contributed by atoms with E-state index in [2.05, 4.69) is 10.3 Å². The first-order valence-electron chi connectivity index (χ1n) is 1.50. The molecule has 0 fully saturated rings. The van der Waals surface area contributed by atoms with Crippen LogP contribution in [0.15, 0.2) is 0 Å². The van der Waals surface area contributed by atoms with Crippen LogP contribution in [0.5, 0.6) is 0 Å². The maximum Gasteiger partial charge on any atom is 0.330 e. The predicted octanol–water partition coefficient (Wildman–Crippen LogP) is -2.51. The van der Waals surface area contributed by atoms with Gasteiger partial charge in [0.25, 0.3) is 0 Å². The van der Waals surface area contributed by atoms with E-state index in [1.165, 1.54) is 0 Å². The molecule has 0 spiro atoms. The molecule has 0 rings (SSSR count). The molecule has 0 aliphatic carbocycles. The second-order valence-electron chi connectivity index (χ2n) is 1.03. The predicted molar refractivity (Wildman–Crippen MR) is 31.5 cm³/mol. The van der Waals surface area contributed by atoms with E-state index in [0.717, 1.165) is 0 Å². The first-order valence-corrected chi connectivity index (χ1v) is 4.51. The summed E-state index contributed by atoms with van der Waals surface area (Å²) in [6.07, 6.45) is 0. The Kier molecular flexibility index (Phi) is 9.97. The van der Waals surface area contributed by atoms with Gasteiger partial charge in [-0.2, -0.15) is 16.8 Å². The van der Waals surface area contributed by atoms with E-state index in [-0.39, 0.29) is 27.3 Å². The van der Waals surface area contributed by atoms with Gasteiger partial charge in [0.1, 0.15) is 0 Å². The summed E-state index contributed by atoms with van der Waals surface area (Å²) < 4.78 is 50.4. The maximum atomic E-state index is 8.97. The Balaban J connectivity index is -0.000000107. The monoisotopic (exact) mass is 308 g/mol. The fraction of sp³-hybridized carbons (Fsp3) is 0. The number of hydrogen-bond donors (Lipinski definition) is 4. The molecular formula is H6CdN2O6S2. The third-order valence-electron chi connectivity index (χ3n) is 0. The smallest absolute Gasteiger partial charge is 0.274 e. The largest absolute Gasteiger partial charge is 0.330 e. The maximum absolute atomic E-state index is 8.97. The van der Waals surface area contributed by atoms with Crippen LogP contribution in [0.3, 0.4) is 0 Å². The Labute approximate surface area is 83.9 Å². The van der Waals surface area contributed by atoms with Gasteiger partial charge in [-0.05, 0) is 0 Å². The van der Waals surface area contributed by atoms with E-state index in [1.807, 2.05) is 0 Å². The van der Waals surface area contributed by atoms with Crippen molar-refractivity contribution >= 4 is 20.6 Å². The summed E-state index contributed by atoms with van der Waals surface area (Å²) in [5.74, 6) is 0. The standard InChI is InChI=1S/Cd.2H3NO3S/c;2*1-5(2,3)4/h;2*(H3,1,2,3,4). The van der Waals surface area contributed by atoms with Crippen molar-refractivity contribution in [1.29, 1.82) is 0 Å². The molecule has 0 saturated carbocycles. The minimum Gasteiger partial charge on any atom is -0.274 e. The van der Waals surface area contributed by atoms with Gasteiger partial charge in [0.15, 0.2) is 0 Å². The SMILES string of the molecule is NS(=O)(=O)O.NS(=O)(=O)O.[Cd]. The molecular weight excluding hydrogens is 301 g/mol. The number of nitrogens with two attached hydrogens (primary N) is 2. The average molecular weight is 307 g/mol. The van der Waals surface area contributed by atoms with Gasteiger partial charge in [-0.25, -0.2) is 10.3 Å².